The second-order valence-corrected chi connectivity index (χ2v) is 3.50. The highest BCUT2D eigenvalue weighted by molar-refractivity contribution is 5.77. The van der Waals surface area contributed by atoms with Gasteiger partial charge in [0, 0.05) is 0 Å². The van der Waals surface area contributed by atoms with Crippen LogP contribution in [0, 0.1) is 11.6 Å². The normalized spacial score (nSPS) is 10.1. The largest absolute Gasteiger partial charge is 0.207 e. The molecule has 0 bridgehead atoms. The van der Waals surface area contributed by atoms with E-state index < -0.39 is 0 Å². The van der Waals surface area contributed by atoms with E-state index in [1.165, 1.54) is 24.3 Å². The van der Waals surface area contributed by atoms with Crippen molar-refractivity contribution in [3.05, 3.63) is 77.9 Å². The van der Waals surface area contributed by atoms with E-state index in [4.69, 9.17) is 0 Å². The van der Waals surface area contributed by atoms with Crippen LogP contribution in [0.1, 0.15) is 11.1 Å². The van der Waals surface area contributed by atoms with Crippen LogP contribution in [0.5, 0.6) is 0 Å². The molecule has 0 spiro atoms. The molecule has 0 atom stereocenters. The zero-order valence-corrected chi connectivity index (χ0v) is 8.58. The predicted molar refractivity (Wildman–Crippen MR) is 60.9 cm³/mol. The molecule has 0 aliphatic heterocycles. The van der Waals surface area contributed by atoms with Crippen molar-refractivity contribution < 1.29 is 8.78 Å². The molecule has 0 aliphatic carbocycles. The summed E-state index contributed by atoms with van der Waals surface area (Å²) >= 11 is 0. The highest BCUT2D eigenvalue weighted by Crippen LogP contribution is 2.22. The van der Waals surface area contributed by atoms with E-state index >= 15 is 0 Å². The van der Waals surface area contributed by atoms with Gasteiger partial charge in [-0.25, -0.2) is 8.78 Å². The lowest BCUT2D eigenvalue weighted by atomic mass is 10.00. The zero-order chi connectivity index (χ0) is 11.5. The molecule has 0 fully saturated rings. The summed E-state index contributed by atoms with van der Waals surface area (Å²) in [5, 5.41) is 0. The van der Waals surface area contributed by atoms with Gasteiger partial charge < -0.3 is 0 Å². The van der Waals surface area contributed by atoms with Gasteiger partial charge in [0.15, 0.2) is 0 Å². The summed E-state index contributed by atoms with van der Waals surface area (Å²) < 4.78 is 26.0. The number of hydrogen-bond donors (Lipinski definition) is 0. The van der Waals surface area contributed by atoms with E-state index in [9.17, 15) is 8.78 Å². The maximum absolute atomic E-state index is 13.0. The minimum atomic E-state index is -0.324. The molecule has 2 heteroatoms. The first-order valence-electron chi connectivity index (χ1n) is 4.87. The van der Waals surface area contributed by atoms with Crippen molar-refractivity contribution in [1.29, 1.82) is 0 Å². The lowest BCUT2D eigenvalue weighted by Crippen LogP contribution is -1.88. The smallest absolute Gasteiger partial charge is 0.123 e. The molecule has 2 aromatic rings. The van der Waals surface area contributed by atoms with Crippen LogP contribution in [0.25, 0.3) is 5.57 Å². The predicted octanol–water partition coefficient (Wildman–Crippen LogP) is 4.03. The molecule has 80 valence electrons. The van der Waals surface area contributed by atoms with E-state index in [0.717, 1.165) is 0 Å². The van der Waals surface area contributed by atoms with Gasteiger partial charge in [-0.1, -0.05) is 30.8 Å². The first kappa shape index (κ1) is 10.6. The van der Waals surface area contributed by atoms with Crippen LogP contribution in [0.4, 0.5) is 8.78 Å². The summed E-state index contributed by atoms with van der Waals surface area (Å²) in [6, 6.07) is 12.2. The first-order chi connectivity index (χ1) is 7.66. The SMILES string of the molecule is C=C(c1cccc(F)c1)c1cccc(F)c1. The van der Waals surface area contributed by atoms with Gasteiger partial charge in [0.25, 0.3) is 0 Å². The molecule has 0 saturated heterocycles. The quantitative estimate of drug-likeness (QED) is 0.711. The maximum Gasteiger partial charge on any atom is 0.123 e. The van der Waals surface area contributed by atoms with E-state index in [0.29, 0.717) is 16.7 Å². The van der Waals surface area contributed by atoms with Crippen LogP contribution in [0.2, 0.25) is 0 Å². The van der Waals surface area contributed by atoms with Gasteiger partial charge in [-0.05, 0) is 41.0 Å². The topological polar surface area (TPSA) is 0 Å². The summed E-state index contributed by atoms with van der Waals surface area (Å²) in [5.41, 5.74) is 1.93. The van der Waals surface area contributed by atoms with Crippen molar-refractivity contribution in [2.75, 3.05) is 0 Å². The number of rotatable bonds is 2. The van der Waals surface area contributed by atoms with Crippen LogP contribution < -0.4 is 0 Å². The van der Waals surface area contributed by atoms with E-state index in [1.54, 1.807) is 24.3 Å². The highest BCUT2D eigenvalue weighted by atomic mass is 19.1. The van der Waals surface area contributed by atoms with E-state index in [2.05, 4.69) is 6.58 Å². The average Bonchev–Trinajstić information content (AvgIpc) is 2.28. The molecule has 0 heterocycles. The van der Waals surface area contributed by atoms with Gasteiger partial charge in [0.2, 0.25) is 0 Å². The minimum absolute atomic E-state index is 0.324. The Morgan fingerprint density at radius 1 is 0.812 bits per heavy atom. The molecule has 0 amide bonds. The van der Waals surface area contributed by atoms with Gasteiger partial charge >= 0.3 is 0 Å². The fourth-order valence-electron chi connectivity index (χ4n) is 1.52. The zero-order valence-electron chi connectivity index (χ0n) is 8.58. The Morgan fingerprint density at radius 3 is 1.62 bits per heavy atom. The van der Waals surface area contributed by atoms with Crippen LogP contribution in [-0.4, -0.2) is 0 Å². The van der Waals surface area contributed by atoms with Crippen molar-refractivity contribution in [3.63, 3.8) is 0 Å². The van der Waals surface area contributed by atoms with Gasteiger partial charge in [-0.15, -0.1) is 0 Å². The third-order valence-corrected chi connectivity index (χ3v) is 2.35. The Bertz CT molecular complexity index is 482. The van der Waals surface area contributed by atoms with Crippen LogP contribution >= 0.6 is 0 Å². The van der Waals surface area contributed by atoms with Crippen molar-refractivity contribution in [2.45, 2.75) is 0 Å². The second kappa shape index (κ2) is 4.27. The number of benzene rings is 2. The fraction of sp³-hybridized carbons (Fsp3) is 0. The Kier molecular flexibility index (Phi) is 2.82. The minimum Gasteiger partial charge on any atom is -0.207 e. The maximum atomic E-state index is 13.0. The molecule has 0 N–H and O–H groups in total. The first-order valence-corrected chi connectivity index (χ1v) is 4.87. The van der Waals surface area contributed by atoms with Crippen LogP contribution in [0.3, 0.4) is 0 Å². The Balaban J connectivity index is 2.39. The molecule has 2 aromatic carbocycles. The third-order valence-electron chi connectivity index (χ3n) is 2.35. The van der Waals surface area contributed by atoms with Gasteiger partial charge in [-0.3, -0.25) is 0 Å². The van der Waals surface area contributed by atoms with Crippen molar-refractivity contribution in [3.8, 4) is 0 Å². The summed E-state index contributed by atoms with van der Waals surface area (Å²) in [6.45, 7) is 3.84. The van der Waals surface area contributed by atoms with Crippen LogP contribution in [-0.2, 0) is 0 Å². The molecule has 0 saturated carbocycles. The summed E-state index contributed by atoms with van der Waals surface area (Å²) in [5.74, 6) is -0.648. The molecular formula is C14H10F2. The number of hydrogen-bond acceptors (Lipinski definition) is 0. The van der Waals surface area contributed by atoms with Crippen molar-refractivity contribution in [1.82, 2.24) is 0 Å². The van der Waals surface area contributed by atoms with Crippen molar-refractivity contribution in [2.24, 2.45) is 0 Å². The summed E-state index contributed by atoms with van der Waals surface area (Å²) in [4.78, 5) is 0. The summed E-state index contributed by atoms with van der Waals surface area (Å²) in [6.07, 6.45) is 0. The third kappa shape index (κ3) is 2.16. The monoisotopic (exact) mass is 216 g/mol. The molecule has 0 nitrogen and oxygen atoms in total. The van der Waals surface area contributed by atoms with Crippen LogP contribution in [0.15, 0.2) is 55.1 Å². The van der Waals surface area contributed by atoms with E-state index in [1.807, 2.05) is 0 Å². The van der Waals surface area contributed by atoms with Crippen molar-refractivity contribution >= 4 is 5.57 Å². The molecule has 0 aromatic heterocycles. The molecule has 0 radical (unpaired) electrons. The molecule has 16 heavy (non-hydrogen) atoms. The fourth-order valence-corrected chi connectivity index (χ4v) is 1.52. The highest BCUT2D eigenvalue weighted by Gasteiger charge is 2.04. The molecule has 2 rings (SSSR count). The Hall–Kier alpha value is -1.96. The molecule has 0 unspecified atom stereocenters. The Morgan fingerprint density at radius 2 is 1.25 bits per heavy atom. The van der Waals surface area contributed by atoms with Gasteiger partial charge in [-0.2, -0.15) is 0 Å². The lowest BCUT2D eigenvalue weighted by Gasteiger charge is -2.06. The van der Waals surface area contributed by atoms with E-state index in [-0.39, 0.29) is 11.6 Å². The second-order valence-electron chi connectivity index (χ2n) is 3.50. The lowest BCUT2D eigenvalue weighted by molar-refractivity contribution is 0.627. The summed E-state index contributed by atoms with van der Waals surface area (Å²) in [7, 11) is 0. The molecule has 0 aliphatic rings. The van der Waals surface area contributed by atoms with Gasteiger partial charge in [0.05, 0.1) is 0 Å². The average molecular weight is 216 g/mol. The molecular weight excluding hydrogens is 206 g/mol. The Labute approximate surface area is 92.9 Å². The number of halogens is 2. The van der Waals surface area contributed by atoms with Gasteiger partial charge in [0.1, 0.15) is 11.6 Å². The standard InChI is InChI=1S/C14H10F2/c1-10(11-4-2-6-13(15)8-11)12-5-3-7-14(16)9-12/h2-9H,1H2.